The lowest BCUT2D eigenvalue weighted by Crippen LogP contribution is -2.25. The summed E-state index contributed by atoms with van der Waals surface area (Å²) in [4.78, 5) is 12.3. The summed E-state index contributed by atoms with van der Waals surface area (Å²) < 4.78 is 21.7. The summed E-state index contributed by atoms with van der Waals surface area (Å²) in [5.41, 5.74) is 1.60. The lowest BCUT2D eigenvalue weighted by atomic mass is 10.1. The molecule has 1 heterocycles. The lowest BCUT2D eigenvalue weighted by molar-refractivity contribution is 0.0941. The zero-order valence-electron chi connectivity index (χ0n) is 16.8. The van der Waals surface area contributed by atoms with Gasteiger partial charge >= 0.3 is 0 Å². The second kappa shape index (κ2) is 11.3. The van der Waals surface area contributed by atoms with Crippen molar-refractivity contribution in [2.75, 3.05) is 6.61 Å². The highest BCUT2D eigenvalue weighted by Crippen LogP contribution is 2.21. The minimum atomic E-state index is -0.421. The average molecular weight is 387 g/mol. The van der Waals surface area contributed by atoms with Crippen LogP contribution in [-0.2, 0) is 13.6 Å². The maximum atomic E-state index is 14.6. The van der Waals surface area contributed by atoms with Crippen LogP contribution in [0.5, 0.6) is 5.75 Å². The van der Waals surface area contributed by atoms with E-state index in [1.54, 1.807) is 31.3 Å². The number of aryl methyl sites for hydroxylation is 2. The summed E-state index contributed by atoms with van der Waals surface area (Å²) in [6, 6.07) is 6.71. The van der Waals surface area contributed by atoms with Crippen LogP contribution in [0.3, 0.4) is 0 Å². The molecular formula is C22H30FN3O2. The highest BCUT2D eigenvalue weighted by molar-refractivity contribution is 5.92. The first-order chi connectivity index (χ1) is 13.5. The van der Waals surface area contributed by atoms with Crippen LogP contribution in [0.15, 0.2) is 36.9 Å². The van der Waals surface area contributed by atoms with Crippen molar-refractivity contribution in [3.8, 4) is 5.75 Å². The minimum absolute atomic E-state index is 0.0927. The Hall–Kier alpha value is -2.63. The maximum Gasteiger partial charge on any atom is 0.269 e. The van der Waals surface area contributed by atoms with Crippen molar-refractivity contribution < 1.29 is 13.9 Å². The van der Waals surface area contributed by atoms with Crippen molar-refractivity contribution >= 4 is 5.91 Å². The van der Waals surface area contributed by atoms with E-state index in [4.69, 9.17) is 4.74 Å². The fraction of sp³-hybridized carbons (Fsp3) is 0.455. The zero-order chi connectivity index (χ0) is 20.4. The quantitative estimate of drug-likeness (QED) is 0.424. The molecule has 5 nitrogen and oxygen atoms in total. The third-order valence-corrected chi connectivity index (χ3v) is 4.53. The van der Waals surface area contributed by atoms with Gasteiger partial charge in [-0.1, -0.05) is 37.5 Å². The van der Waals surface area contributed by atoms with E-state index >= 15 is 0 Å². The first-order valence-corrected chi connectivity index (χ1v) is 9.83. The van der Waals surface area contributed by atoms with Crippen molar-refractivity contribution in [1.82, 2.24) is 15.1 Å². The number of halogens is 1. The summed E-state index contributed by atoms with van der Waals surface area (Å²) in [5.74, 6) is -0.477. The van der Waals surface area contributed by atoms with E-state index < -0.39 is 5.82 Å². The number of carbonyl (C=O) groups is 1. The summed E-state index contributed by atoms with van der Waals surface area (Å²) >= 11 is 0. The van der Waals surface area contributed by atoms with Gasteiger partial charge in [0.2, 0.25) is 0 Å². The molecule has 0 unspecified atom stereocenters. The van der Waals surface area contributed by atoms with E-state index in [-0.39, 0.29) is 18.2 Å². The minimum Gasteiger partial charge on any atom is -0.491 e. The van der Waals surface area contributed by atoms with Crippen molar-refractivity contribution in [3.63, 3.8) is 0 Å². The van der Waals surface area contributed by atoms with Crippen LogP contribution < -0.4 is 10.1 Å². The third-order valence-electron chi connectivity index (χ3n) is 4.53. The fourth-order valence-electron chi connectivity index (χ4n) is 3.00. The number of aromatic nitrogens is 2. The fourth-order valence-corrected chi connectivity index (χ4v) is 3.00. The number of allylic oxidation sites excluding steroid dienone is 1. The third kappa shape index (κ3) is 6.51. The molecule has 1 aromatic heterocycles. The number of hydrogen-bond acceptors (Lipinski definition) is 3. The van der Waals surface area contributed by atoms with E-state index in [0.29, 0.717) is 17.9 Å². The molecule has 1 N–H and O–H groups in total. The molecule has 2 rings (SSSR count). The molecule has 0 atom stereocenters. The van der Waals surface area contributed by atoms with Gasteiger partial charge in [-0.15, -0.1) is 6.58 Å². The molecule has 6 heteroatoms. The van der Waals surface area contributed by atoms with Gasteiger partial charge in [0, 0.05) is 19.2 Å². The number of benzene rings is 1. The molecular weight excluding hydrogens is 357 g/mol. The van der Waals surface area contributed by atoms with Gasteiger partial charge < -0.3 is 10.1 Å². The average Bonchev–Trinajstić information content (AvgIpc) is 3.02. The largest absolute Gasteiger partial charge is 0.491 e. The van der Waals surface area contributed by atoms with Crippen molar-refractivity contribution in [3.05, 3.63) is 59.7 Å². The highest BCUT2D eigenvalue weighted by Gasteiger charge is 2.14. The molecule has 2 aromatic rings. The Bertz CT molecular complexity index is 786. The van der Waals surface area contributed by atoms with E-state index in [9.17, 15) is 9.18 Å². The molecule has 0 aliphatic rings. The monoisotopic (exact) mass is 387 g/mol. The van der Waals surface area contributed by atoms with Crippen LogP contribution in [-0.4, -0.2) is 22.3 Å². The smallest absolute Gasteiger partial charge is 0.269 e. The molecule has 0 aliphatic carbocycles. The summed E-state index contributed by atoms with van der Waals surface area (Å²) in [5, 5.41) is 6.88. The number of hydrogen-bond donors (Lipinski definition) is 1. The van der Waals surface area contributed by atoms with Gasteiger partial charge in [0.05, 0.1) is 12.3 Å². The summed E-state index contributed by atoms with van der Waals surface area (Å²) in [6.45, 7) is 6.12. The predicted molar refractivity (Wildman–Crippen MR) is 109 cm³/mol. The van der Waals surface area contributed by atoms with Gasteiger partial charge in [0.1, 0.15) is 5.69 Å². The van der Waals surface area contributed by atoms with Gasteiger partial charge in [-0.3, -0.25) is 9.48 Å². The molecule has 152 valence electrons. The van der Waals surface area contributed by atoms with Crippen molar-refractivity contribution in [1.29, 1.82) is 0 Å². The Morgan fingerprint density at radius 1 is 1.29 bits per heavy atom. The predicted octanol–water partition coefficient (Wildman–Crippen LogP) is 4.70. The highest BCUT2D eigenvalue weighted by atomic mass is 19.1. The molecule has 0 radical (unpaired) electrons. The molecule has 28 heavy (non-hydrogen) atoms. The Balaban J connectivity index is 1.79. The first-order valence-electron chi connectivity index (χ1n) is 9.83. The van der Waals surface area contributed by atoms with Gasteiger partial charge in [0.25, 0.3) is 5.91 Å². The number of carbonyl (C=O) groups excluding carboxylic acids is 1. The topological polar surface area (TPSA) is 56.1 Å². The van der Waals surface area contributed by atoms with E-state index in [1.807, 2.05) is 13.0 Å². The zero-order valence-corrected chi connectivity index (χ0v) is 16.8. The molecule has 0 saturated carbocycles. The molecule has 1 amide bonds. The summed E-state index contributed by atoms with van der Waals surface area (Å²) in [6.07, 6.45) is 8.48. The van der Waals surface area contributed by atoms with Crippen molar-refractivity contribution in [2.24, 2.45) is 7.05 Å². The second-order valence-electron chi connectivity index (χ2n) is 6.90. The Labute approximate surface area is 166 Å². The number of nitrogens with one attached hydrogen (secondary N) is 1. The van der Waals surface area contributed by atoms with Crippen LogP contribution in [0.2, 0.25) is 0 Å². The maximum absolute atomic E-state index is 14.6. The van der Waals surface area contributed by atoms with E-state index in [0.717, 1.165) is 31.4 Å². The van der Waals surface area contributed by atoms with Crippen LogP contribution >= 0.6 is 0 Å². The molecule has 0 saturated heterocycles. The van der Waals surface area contributed by atoms with Crippen LogP contribution in [0.4, 0.5) is 4.39 Å². The van der Waals surface area contributed by atoms with Crippen LogP contribution in [0, 0.1) is 12.7 Å². The van der Waals surface area contributed by atoms with Gasteiger partial charge in [-0.2, -0.15) is 5.10 Å². The molecule has 0 fully saturated rings. The van der Waals surface area contributed by atoms with E-state index in [2.05, 4.69) is 17.0 Å². The Morgan fingerprint density at radius 2 is 2.04 bits per heavy atom. The number of rotatable bonds is 12. The number of nitrogens with zero attached hydrogens (tertiary/aromatic N) is 2. The van der Waals surface area contributed by atoms with Crippen LogP contribution in [0.1, 0.15) is 60.3 Å². The first kappa shape index (κ1) is 21.7. The Kier molecular flexibility index (Phi) is 8.72. The number of ether oxygens (including phenoxy) is 1. The van der Waals surface area contributed by atoms with Gasteiger partial charge in [-0.05, 0) is 38.3 Å². The number of amides is 1. The van der Waals surface area contributed by atoms with Gasteiger partial charge in [0.15, 0.2) is 11.6 Å². The molecule has 0 spiro atoms. The van der Waals surface area contributed by atoms with E-state index in [1.165, 1.54) is 17.5 Å². The number of unbranched alkanes of at least 4 members (excludes halogenated alkanes) is 5. The normalized spacial score (nSPS) is 10.7. The van der Waals surface area contributed by atoms with Gasteiger partial charge in [-0.25, -0.2) is 4.39 Å². The molecule has 0 bridgehead atoms. The lowest BCUT2D eigenvalue weighted by Gasteiger charge is -2.11. The van der Waals surface area contributed by atoms with Crippen molar-refractivity contribution in [2.45, 2.75) is 52.0 Å². The summed E-state index contributed by atoms with van der Waals surface area (Å²) in [7, 11) is 1.70. The molecule has 1 aromatic carbocycles. The standard InChI is InChI=1S/C22H30FN3O2/c1-4-5-6-7-8-9-10-14-28-20-13-11-12-18(21(20)23)16-24-22(27)19-15-17(2)25-26(19)3/h4,11-13,15H,1,5-10,14,16H2,2-3H3,(H,24,27). The van der Waals surface area contributed by atoms with Crippen LogP contribution in [0.25, 0.3) is 0 Å². The second-order valence-corrected chi connectivity index (χ2v) is 6.90. The Morgan fingerprint density at radius 3 is 2.75 bits per heavy atom. The molecule has 0 aliphatic heterocycles. The SMILES string of the molecule is C=CCCCCCCCOc1cccc(CNC(=O)c2cc(C)nn2C)c1F.